The molecule has 1 rings (SSSR count). The van der Waals surface area contributed by atoms with E-state index < -0.39 is 5.97 Å². The van der Waals surface area contributed by atoms with Crippen molar-refractivity contribution in [1.82, 2.24) is 0 Å². The van der Waals surface area contributed by atoms with Crippen LogP contribution in [0.5, 0.6) is 0 Å². The molecule has 0 saturated carbocycles. The number of nitrogens with one attached hydrogen (secondary N) is 1. The molecule has 0 amide bonds. The fourth-order valence-corrected chi connectivity index (χ4v) is 2.22. The van der Waals surface area contributed by atoms with Crippen LogP contribution < -0.4 is 5.32 Å². The van der Waals surface area contributed by atoms with Gasteiger partial charge >= 0.3 is 5.97 Å². The predicted octanol–water partition coefficient (Wildman–Crippen LogP) is 3.71. The van der Waals surface area contributed by atoms with Gasteiger partial charge in [-0.1, -0.05) is 18.5 Å². The summed E-state index contributed by atoms with van der Waals surface area (Å²) in [7, 11) is 1.35. The van der Waals surface area contributed by atoms with E-state index in [1.54, 1.807) is 12.1 Å². The number of carbonyl (C=O) groups excluding carboxylic acids is 1. The van der Waals surface area contributed by atoms with E-state index in [1.807, 2.05) is 0 Å². The molecule has 16 heavy (non-hydrogen) atoms. The molecule has 5 heteroatoms. The highest BCUT2D eigenvalue weighted by Crippen LogP contribution is 2.31. The molecule has 0 atom stereocenters. The summed E-state index contributed by atoms with van der Waals surface area (Å²) in [5.74, 6) is -0.401. The van der Waals surface area contributed by atoms with Crippen molar-refractivity contribution in [3.63, 3.8) is 0 Å². The molecule has 0 saturated heterocycles. The van der Waals surface area contributed by atoms with E-state index in [0.29, 0.717) is 10.6 Å². The molecule has 0 heterocycles. The number of methoxy groups -OCH3 is 1. The summed E-state index contributed by atoms with van der Waals surface area (Å²) in [6, 6.07) is 3.34. The van der Waals surface area contributed by atoms with Gasteiger partial charge in [0.1, 0.15) is 0 Å². The highest BCUT2D eigenvalue weighted by Gasteiger charge is 2.15. The van der Waals surface area contributed by atoms with E-state index in [4.69, 9.17) is 16.3 Å². The van der Waals surface area contributed by atoms with Crippen LogP contribution in [0.1, 0.15) is 23.7 Å². The summed E-state index contributed by atoms with van der Waals surface area (Å²) >= 11 is 9.26. The van der Waals surface area contributed by atoms with Gasteiger partial charge < -0.3 is 10.1 Å². The van der Waals surface area contributed by atoms with Gasteiger partial charge in [0.2, 0.25) is 0 Å². The second-order valence-electron chi connectivity index (χ2n) is 3.23. The summed E-state index contributed by atoms with van der Waals surface area (Å²) in [5.41, 5.74) is 1.16. The number of ether oxygens (including phenoxy) is 1. The van der Waals surface area contributed by atoms with Gasteiger partial charge in [-0.2, -0.15) is 0 Å². The number of rotatable bonds is 4. The average molecular weight is 307 g/mol. The first kappa shape index (κ1) is 13.3. The lowest BCUT2D eigenvalue weighted by Gasteiger charge is -2.12. The maximum atomic E-state index is 11.6. The topological polar surface area (TPSA) is 38.3 Å². The van der Waals surface area contributed by atoms with Crippen molar-refractivity contribution < 1.29 is 9.53 Å². The van der Waals surface area contributed by atoms with Crippen LogP contribution in [0.25, 0.3) is 0 Å². The van der Waals surface area contributed by atoms with Crippen LogP contribution in [-0.4, -0.2) is 19.6 Å². The van der Waals surface area contributed by atoms with Gasteiger partial charge in [-0.05, 0) is 34.5 Å². The van der Waals surface area contributed by atoms with E-state index in [9.17, 15) is 4.79 Å². The van der Waals surface area contributed by atoms with Crippen LogP contribution in [0.2, 0.25) is 5.02 Å². The first-order chi connectivity index (χ1) is 7.60. The Kier molecular flexibility index (Phi) is 5.09. The molecule has 0 spiro atoms. The van der Waals surface area contributed by atoms with E-state index in [1.165, 1.54) is 7.11 Å². The van der Waals surface area contributed by atoms with Crippen molar-refractivity contribution in [2.75, 3.05) is 19.0 Å². The summed E-state index contributed by atoms with van der Waals surface area (Å²) in [6.07, 6.45) is 0.968. The first-order valence-corrected chi connectivity index (χ1v) is 6.08. The largest absolute Gasteiger partial charge is 0.465 e. The molecule has 0 unspecified atom stereocenters. The van der Waals surface area contributed by atoms with Crippen molar-refractivity contribution in [1.29, 1.82) is 0 Å². The van der Waals surface area contributed by atoms with Crippen LogP contribution in [0.3, 0.4) is 0 Å². The van der Waals surface area contributed by atoms with Gasteiger partial charge in [-0.3, -0.25) is 0 Å². The van der Waals surface area contributed by atoms with E-state index >= 15 is 0 Å². The van der Waals surface area contributed by atoms with Crippen LogP contribution in [0, 0.1) is 0 Å². The Bertz CT molecular complexity index is 396. The molecule has 88 valence electrons. The Morgan fingerprint density at radius 1 is 1.56 bits per heavy atom. The van der Waals surface area contributed by atoms with Crippen molar-refractivity contribution in [3.05, 3.63) is 27.2 Å². The molecule has 0 bridgehead atoms. The third-order valence-electron chi connectivity index (χ3n) is 2.01. The van der Waals surface area contributed by atoms with Crippen molar-refractivity contribution >= 4 is 39.2 Å². The Balaban J connectivity index is 3.15. The zero-order chi connectivity index (χ0) is 12.1. The van der Waals surface area contributed by atoms with Crippen LogP contribution in [0.15, 0.2) is 16.6 Å². The number of halogens is 2. The van der Waals surface area contributed by atoms with Gasteiger partial charge in [0.25, 0.3) is 0 Å². The second-order valence-corrected chi connectivity index (χ2v) is 4.52. The molecule has 0 aliphatic rings. The summed E-state index contributed by atoms with van der Waals surface area (Å²) in [5, 5.41) is 3.66. The predicted molar refractivity (Wildman–Crippen MR) is 69.3 cm³/mol. The number of benzene rings is 1. The van der Waals surface area contributed by atoms with Gasteiger partial charge in [0.15, 0.2) is 0 Å². The van der Waals surface area contributed by atoms with Gasteiger partial charge in [0.05, 0.1) is 18.4 Å². The molecular weight excluding hydrogens is 293 g/mol. The maximum Gasteiger partial charge on any atom is 0.340 e. The monoisotopic (exact) mass is 305 g/mol. The van der Waals surface area contributed by atoms with E-state index in [-0.39, 0.29) is 0 Å². The normalized spacial score (nSPS) is 10.0. The number of hydrogen-bond acceptors (Lipinski definition) is 3. The zero-order valence-electron chi connectivity index (χ0n) is 9.14. The van der Waals surface area contributed by atoms with Crippen LogP contribution >= 0.6 is 27.5 Å². The molecule has 0 aromatic heterocycles. The zero-order valence-corrected chi connectivity index (χ0v) is 11.5. The minimum atomic E-state index is -0.401. The smallest absolute Gasteiger partial charge is 0.340 e. The van der Waals surface area contributed by atoms with Crippen LogP contribution in [-0.2, 0) is 4.74 Å². The van der Waals surface area contributed by atoms with E-state index in [2.05, 4.69) is 28.2 Å². The second kappa shape index (κ2) is 6.11. The number of anilines is 1. The Labute approximate surface area is 108 Å². The highest BCUT2D eigenvalue weighted by atomic mass is 79.9. The third kappa shape index (κ3) is 3.12. The molecule has 0 radical (unpaired) electrons. The van der Waals surface area contributed by atoms with E-state index in [0.717, 1.165) is 23.1 Å². The lowest BCUT2D eigenvalue weighted by Crippen LogP contribution is -2.09. The van der Waals surface area contributed by atoms with Gasteiger partial charge in [-0.15, -0.1) is 0 Å². The minimum Gasteiger partial charge on any atom is -0.465 e. The Morgan fingerprint density at radius 3 is 2.81 bits per heavy atom. The molecule has 0 aliphatic carbocycles. The maximum absolute atomic E-state index is 11.6. The van der Waals surface area contributed by atoms with Gasteiger partial charge in [-0.25, -0.2) is 4.79 Å². The van der Waals surface area contributed by atoms with Crippen molar-refractivity contribution in [2.45, 2.75) is 13.3 Å². The number of hydrogen-bond donors (Lipinski definition) is 1. The van der Waals surface area contributed by atoms with Crippen molar-refractivity contribution in [2.24, 2.45) is 0 Å². The molecule has 1 aromatic carbocycles. The fourth-order valence-electron chi connectivity index (χ4n) is 1.27. The standard InChI is InChI=1S/C11H13BrClNO2/c1-3-4-14-10-8(11(15)16-2)5-7(13)6-9(10)12/h5-6,14H,3-4H2,1-2H3. The molecule has 1 N–H and O–H groups in total. The minimum absolute atomic E-state index is 0.401. The quantitative estimate of drug-likeness (QED) is 0.862. The molecular formula is C11H13BrClNO2. The van der Waals surface area contributed by atoms with Crippen LogP contribution in [0.4, 0.5) is 5.69 Å². The molecule has 0 aliphatic heterocycles. The highest BCUT2D eigenvalue weighted by molar-refractivity contribution is 9.10. The lowest BCUT2D eigenvalue weighted by molar-refractivity contribution is 0.0602. The Hall–Kier alpha value is -0.740. The Morgan fingerprint density at radius 2 is 2.25 bits per heavy atom. The molecule has 3 nitrogen and oxygen atoms in total. The third-order valence-corrected chi connectivity index (χ3v) is 2.86. The lowest BCUT2D eigenvalue weighted by atomic mass is 10.1. The average Bonchev–Trinajstić information content (AvgIpc) is 2.26. The molecule has 0 fully saturated rings. The summed E-state index contributed by atoms with van der Waals surface area (Å²) < 4.78 is 5.47. The van der Waals surface area contributed by atoms with Gasteiger partial charge in [0, 0.05) is 16.0 Å². The fraction of sp³-hybridized carbons (Fsp3) is 0.364. The number of carbonyl (C=O) groups is 1. The number of esters is 1. The summed E-state index contributed by atoms with van der Waals surface area (Å²) in [6.45, 7) is 2.83. The first-order valence-electron chi connectivity index (χ1n) is 4.91. The summed E-state index contributed by atoms with van der Waals surface area (Å²) in [4.78, 5) is 11.6. The SMILES string of the molecule is CCCNc1c(Br)cc(Cl)cc1C(=O)OC. The van der Waals surface area contributed by atoms with Crippen molar-refractivity contribution in [3.8, 4) is 0 Å². The molecule has 1 aromatic rings.